The minimum Gasteiger partial charge on any atom is -0.418 e. The molecule has 0 saturated carbocycles. The molecule has 0 fully saturated rings. The molecule has 2 aromatic heterocycles. The van der Waals surface area contributed by atoms with E-state index < -0.39 is 4.92 Å². The number of hydrogen-bond donors (Lipinski definition) is 1. The van der Waals surface area contributed by atoms with E-state index in [2.05, 4.69) is 15.5 Å². The number of nitrogens with zero attached hydrogens (tertiary/aromatic N) is 3. The van der Waals surface area contributed by atoms with Crippen LogP contribution in [0.4, 0.5) is 5.00 Å². The Morgan fingerprint density at radius 3 is 2.84 bits per heavy atom. The Kier molecular flexibility index (Phi) is 4.23. The lowest BCUT2D eigenvalue weighted by molar-refractivity contribution is -0.380. The Morgan fingerprint density at radius 1 is 1.47 bits per heavy atom. The monoisotopic (exact) mass is 282 g/mol. The van der Waals surface area contributed by atoms with E-state index in [1.807, 2.05) is 13.8 Å². The third kappa shape index (κ3) is 2.96. The van der Waals surface area contributed by atoms with Crippen molar-refractivity contribution < 1.29 is 9.34 Å². The van der Waals surface area contributed by atoms with Crippen LogP contribution < -0.4 is 5.32 Å². The van der Waals surface area contributed by atoms with Crippen molar-refractivity contribution in [2.24, 2.45) is 0 Å². The maximum Gasteiger partial charge on any atom is 0.324 e. The molecule has 0 radical (unpaired) electrons. The lowest BCUT2D eigenvalue weighted by atomic mass is 10.2. The second kappa shape index (κ2) is 5.89. The standard InChI is InChI=1S/C11H14N4O3S/c1-3-7(12-4-2)10-13-14-11(18-10)8-5-6-9(19-8)15(16)17/h5-7,12H,3-4H2,1-2H3. The van der Waals surface area contributed by atoms with E-state index in [1.165, 1.54) is 6.07 Å². The number of nitrogens with one attached hydrogen (secondary N) is 1. The largest absolute Gasteiger partial charge is 0.418 e. The first-order valence-corrected chi connectivity index (χ1v) is 6.78. The smallest absolute Gasteiger partial charge is 0.324 e. The van der Waals surface area contributed by atoms with Crippen LogP contribution in [0, 0.1) is 10.1 Å². The Bertz CT molecular complexity index is 566. The van der Waals surface area contributed by atoms with Crippen molar-refractivity contribution in [3.05, 3.63) is 28.1 Å². The van der Waals surface area contributed by atoms with E-state index in [4.69, 9.17) is 4.42 Å². The second-order valence-corrected chi connectivity index (χ2v) is 4.92. The van der Waals surface area contributed by atoms with Crippen LogP contribution in [0.25, 0.3) is 10.8 Å². The molecule has 102 valence electrons. The van der Waals surface area contributed by atoms with E-state index in [0.717, 1.165) is 24.3 Å². The second-order valence-electron chi connectivity index (χ2n) is 3.86. The van der Waals surface area contributed by atoms with Crippen LogP contribution in [-0.4, -0.2) is 21.7 Å². The van der Waals surface area contributed by atoms with Gasteiger partial charge in [-0.15, -0.1) is 10.2 Å². The Labute approximate surface area is 113 Å². The van der Waals surface area contributed by atoms with Gasteiger partial charge in [0.2, 0.25) is 5.89 Å². The zero-order valence-electron chi connectivity index (χ0n) is 10.6. The minimum absolute atomic E-state index is 0.0150. The predicted molar refractivity (Wildman–Crippen MR) is 71.0 cm³/mol. The molecule has 0 saturated heterocycles. The van der Waals surface area contributed by atoms with E-state index in [1.54, 1.807) is 6.07 Å². The molecule has 0 aromatic carbocycles. The molecular formula is C11H14N4O3S. The van der Waals surface area contributed by atoms with Gasteiger partial charge in [-0.3, -0.25) is 10.1 Å². The van der Waals surface area contributed by atoms with Crippen LogP contribution >= 0.6 is 11.3 Å². The number of thiophene rings is 1. The van der Waals surface area contributed by atoms with Crippen molar-refractivity contribution in [1.29, 1.82) is 0 Å². The fraction of sp³-hybridized carbons (Fsp3) is 0.455. The first-order chi connectivity index (χ1) is 9.15. The maximum absolute atomic E-state index is 10.6. The number of aromatic nitrogens is 2. The molecule has 0 aliphatic rings. The highest BCUT2D eigenvalue weighted by molar-refractivity contribution is 7.18. The van der Waals surface area contributed by atoms with Gasteiger partial charge in [0.25, 0.3) is 5.89 Å². The Balaban J connectivity index is 2.21. The highest BCUT2D eigenvalue weighted by Crippen LogP contribution is 2.32. The first kappa shape index (κ1) is 13.6. The molecule has 0 aliphatic heterocycles. The van der Waals surface area contributed by atoms with Crippen molar-refractivity contribution in [2.45, 2.75) is 26.3 Å². The van der Waals surface area contributed by atoms with Crippen molar-refractivity contribution in [3.8, 4) is 10.8 Å². The molecule has 0 spiro atoms. The average Bonchev–Trinajstić information content (AvgIpc) is 3.03. The third-order valence-corrected chi connectivity index (χ3v) is 3.60. The van der Waals surface area contributed by atoms with Gasteiger partial charge < -0.3 is 9.73 Å². The zero-order chi connectivity index (χ0) is 13.8. The highest BCUT2D eigenvalue weighted by Gasteiger charge is 2.19. The van der Waals surface area contributed by atoms with E-state index in [0.29, 0.717) is 16.7 Å². The lowest BCUT2D eigenvalue weighted by Gasteiger charge is -2.09. The topological polar surface area (TPSA) is 94.1 Å². The molecule has 1 N–H and O–H groups in total. The molecule has 2 aromatic rings. The summed E-state index contributed by atoms with van der Waals surface area (Å²) in [5.41, 5.74) is 0. The minimum atomic E-state index is -0.432. The zero-order valence-corrected chi connectivity index (χ0v) is 11.4. The summed E-state index contributed by atoms with van der Waals surface area (Å²) < 4.78 is 5.57. The van der Waals surface area contributed by atoms with E-state index >= 15 is 0 Å². The molecule has 0 bridgehead atoms. The summed E-state index contributed by atoms with van der Waals surface area (Å²) in [6.45, 7) is 4.83. The molecule has 19 heavy (non-hydrogen) atoms. The first-order valence-electron chi connectivity index (χ1n) is 5.97. The van der Waals surface area contributed by atoms with E-state index in [-0.39, 0.29) is 11.0 Å². The molecule has 1 unspecified atom stereocenters. The fourth-order valence-electron chi connectivity index (χ4n) is 1.67. The van der Waals surface area contributed by atoms with Gasteiger partial charge in [0, 0.05) is 6.07 Å². The molecule has 7 nitrogen and oxygen atoms in total. The Morgan fingerprint density at radius 2 is 2.26 bits per heavy atom. The average molecular weight is 282 g/mol. The predicted octanol–water partition coefficient (Wildman–Crippen LogP) is 2.77. The summed E-state index contributed by atoms with van der Waals surface area (Å²) in [6.07, 6.45) is 0.833. The lowest BCUT2D eigenvalue weighted by Crippen LogP contribution is -2.20. The third-order valence-electron chi connectivity index (χ3n) is 2.58. The maximum atomic E-state index is 10.6. The summed E-state index contributed by atoms with van der Waals surface area (Å²) in [5.74, 6) is 0.833. The molecule has 8 heteroatoms. The molecule has 0 amide bonds. The van der Waals surface area contributed by atoms with Crippen LogP contribution in [0.3, 0.4) is 0 Å². The summed E-state index contributed by atoms with van der Waals surface area (Å²) in [5, 5.41) is 21.9. The van der Waals surface area contributed by atoms with Gasteiger partial charge in [0.05, 0.1) is 15.8 Å². The molecular weight excluding hydrogens is 268 g/mol. The van der Waals surface area contributed by atoms with Crippen LogP contribution in [0.1, 0.15) is 32.2 Å². The quantitative estimate of drug-likeness (QED) is 0.646. The number of nitro groups is 1. The molecule has 2 rings (SSSR count). The highest BCUT2D eigenvalue weighted by atomic mass is 32.1. The summed E-state index contributed by atoms with van der Waals surface area (Å²) in [6, 6.07) is 3.07. The van der Waals surface area contributed by atoms with Crippen molar-refractivity contribution in [1.82, 2.24) is 15.5 Å². The van der Waals surface area contributed by atoms with Crippen molar-refractivity contribution in [2.75, 3.05) is 6.54 Å². The normalized spacial score (nSPS) is 12.5. The van der Waals surface area contributed by atoms with Crippen LogP contribution in [0.5, 0.6) is 0 Å². The molecule has 0 aliphatic carbocycles. The van der Waals surface area contributed by atoms with Gasteiger partial charge in [-0.05, 0) is 19.0 Å². The summed E-state index contributed by atoms with van der Waals surface area (Å²) in [4.78, 5) is 10.8. The van der Waals surface area contributed by atoms with Gasteiger partial charge >= 0.3 is 5.00 Å². The number of hydrogen-bond acceptors (Lipinski definition) is 7. The number of rotatable bonds is 6. The van der Waals surface area contributed by atoms with E-state index in [9.17, 15) is 10.1 Å². The molecule has 2 heterocycles. The molecule has 1 atom stereocenters. The van der Waals surface area contributed by atoms with Gasteiger partial charge in [-0.25, -0.2) is 0 Å². The van der Waals surface area contributed by atoms with Gasteiger partial charge in [-0.1, -0.05) is 25.2 Å². The summed E-state index contributed by atoms with van der Waals surface area (Å²) >= 11 is 1.02. The van der Waals surface area contributed by atoms with Crippen LogP contribution in [0.2, 0.25) is 0 Å². The van der Waals surface area contributed by atoms with Crippen LogP contribution in [-0.2, 0) is 0 Å². The van der Waals surface area contributed by atoms with Gasteiger partial charge in [0.15, 0.2) is 0 Å². The van der Waals surface area contributed by atoms with Crippen molar-refractivity contribution >= 4 is 16.3 Å². The SMILES string of the molecule is CCNC(CC)c1nnc(-c2ccc([N+](=O)[O-])s2)o1. The fourth-order valence-corrected chi connectivity index (χ4v) is 2.41. The van der Waals surface area contributed by atoms with Gasteiger partial charge in [-0.2, -0.15) is 0 Å². The van der Waals surface area contributed by atoms with Crippen molar-refractivity contribution in [3.63, 3.8) is 0 Å². The Hall–Kier alpha value is -1.80. The van der Waals surface area contributed by atoms with Gasteiger partial charge in [0.1, 0.15) is 0 Å². The summed E-state index contributed by atoms with van der Waals surface area (Å²) in [7, 11) is 0. The van der Waals surface area contributed by atoms with Crippen LogP contribution in [0.15, 0.2) is 16.5 Å².